The summed E-state index contributed by atoms with van der Waals surface area (Å²) < 4.78 is 13.4. The van der Waals surface area contributed by atoms with Crippen LogP contribution in [0.1, 0.15) is 24.0 Å². The van der Waals surface area contributed by atoms with Gasteiger partial charge in [0.2, 0.25) is 0 Å². The lowest BCUT2D eigenvalue weighted by molar-refractivity contribution is 0.229. The van der Waals surface area contributed by atoms with Crippen molar-refractivity contribution < 1.29 is 9.50 Å². The number of nitrogens with zero attached hydrogens (tertiary/aromatic N) is 1. The highest BCUT2D eigenvalue weighted by molar-refractivity contribution is 5.33. The van der Waals surface area contributed by atoms with Crippen LogP contribution in [-0.4, -0.2) is 17.3 Å². The van der Waals surface area contributed by atoms with Crippen LogP contribution < -0.4 is 5.32 Å². The van der Waals surface area contributed by atoms with Crippen molar-refractivity contribution in [2.45, 2.75) is 24.9 Å². The molecule has 1 aromatic rings. The van der Waals surface area contributed by atoms with Crippen LogP contribution in [0.15, 0.2) is 18.2 Å². The summed E-state index contributed by atoms with van der Waals surface area (Å²) in [6.07, 6.45) is 1.84. The van der Waals surface area contributed by atoms with Crippen molar-refractivity contribution in [3.63, 3.8) is 0 Å². The van der Waals surface area contributed by atoms with Crippen LogP contribution in [-0.2, 0) is 6.54 Å². The second kappa shape index (κ2) is 4.20. The van der Waals surface area contributed by atoms with Gasteiger partial charge in [-0.3, -0.25) is 0 Å². The summed E-state index contributed by atoms with van der Waals surface area (Å²) in [6.45, 7) is 0.425. The number of rotatable bonds is 4. The predicted molar refractivity (Wildman–Crippen MR) is 57.0 cm³/mol. The Morgan fingerprint density at radius 1 is 1.50 bits per heavy atom. The zero-order chi connectivity index (χ0) is 11.6. The van der Waals surface area contributed by atoms with E-state index in [1.54, 1.807) is 0 Å². The monoisotopic (exact) mass is 220 g/mol. The molecular formula is C12H13FN2O. The number of nitrogens with one attached hydrogen (secondary N) is 1. The number of hydrogen-bond acceptors (Lipinski definition) is 3. The highest BCUT2D eigenvalue weighted by Gasteiger charge is 2.41. The van der Waals surface area contributed by atoms with Gasteiger partial charge in [-0.1, -0.05) is 0 Å². The highest BCUT2D eigenvalue weighted by Crippen LogP contribution is 2.34. The molecule has 1 aliphatic carbocycles. The van der Waals surface area contributed by atoms with Gasteiger partial charge in [-0.2, -0.15) is 5.26 Å². The van der Waals surface area contributed by atoms with Crippen molar-refractivity contribution in [3.8, 4) is 6.07 Å². The van der Waals surface area contributed by atoms with E-state index in [-0.39, 0.29) is 18.0 Å². The Labute approximate surface area is 93.5 Å². The Balaban J connectivity index is 2.06. The molecule has 3 nitrogen and oxygen atoms in total. The minimum absolute atomic E-state index is 0.0760. The molecule has 2 rings (SSSR count). The largest absolute Gasteiger partial charge is 0.394 e. The second-order valence-electron chi connectivity index (χ2n) is 4.21. The van der Waals surface area contributed by atoms with Crippen molar-refractivity contribution in [1.29, 1.82) is 5.26 Å². The number of halogens is 1. The smallest absolute Gasteiger partial charge is 0.127 e. The van der Waals surface area contributed by atoms with Crippen molar-refractivity contribution in [1.82, 2.24) is 5.32 Å². The summed E-state index contributed by atoms with van der Waals surface area (Å²) in [5.41, 5.74) is 0.709. The predicted octanol–water partition coefficient (Wildman–Crippen LogP) is 1.31. The fourth-order valence-electron chi connectivity index (χ4n) is 1.60. The number of aliphatic hydroxyl groups is 1. The van der Waals surface area contributed by atoms with Crippen molar-refractivity contribution >= 4 is 0 Å². The van der Waals surface area contributed by atoms with Gasteiger partial charge >= 0.3 is 0 Å². The van der Waals surface area contributed by atoms with Crippen LogP contribution in [0.2, 0.25) is 0 Å². The van der Waals surface area contributed by atoms with Crippen LogP contribution in [0, 0.1) is 17.1 Å². The molecule has 0 aliphatic heterocycles. The van der Waals surface area contributed by atoms with Gasteiger partial charge in [0.25, 0.3) is 0 Å². The quantitative estimate of drug-likeness (QED) is 0.804. The summed E-state index contributed by atoms with van der Waals surface area (Å²) in [4.78, 5) is 0. The average molecular weight is 220 g/mol. The fraction of sp³-hybridized carbons (Fsp3) is 0.417. The van der Waals surface area contributed by atoms with E-state index in [0.717, 1.165) is 12.8 Å². The zero-order valence-corrected chi connectivity index (χ0v) is 8.83. The molecule has 0 amide bonds. The molecule has 0 aromatic heterocycles. The first kappa shape index (κ1) is 11.1. The number of aliphatic hydroxyl groups excluding tert-OH is 1. The minimum Gasteiger partial charge on any atom is -0.394 e. The Morgan fingerprint density at radius 2 is 2.25 bits per heavy atom. The molecule has 0 heterocycles. The Hall–Kier alpha value is -1.44. The molecule has 2 N–H and O–H groups in total. The van der Waals surface area contributed by atoms with Crippen molar-refractivity contribution in [3.05, 3.63) is 35.1 Å². The molecule has 0 radical (unpaired) electrons. The van der Waals surface area contributed by atoms with Crippen LogP contribution in [0.3, 0.4) is 0 Å². The second-order valence-corrected chi connectivity index (χ2v) is 4.21. The number of benzene rings is 1. The first-order valence-corrected chi connectivity index (χ1v) is 5.23. The lowest BCUT2D eigenvalue weighted by atomic mass is 10.1. The van der Waals surface area contributed by atoms with E-state index in [9.17, 15) is 4.39 Å². The number of hydrogen-bond donors (Lipinski definition) is 2. The molecule has 0 bridgehead atoms. The summed E-state index contributed by atoms with van der Waals surface area (Å²) >= 11 is 0. The lowest BCUT2D eigenvalue weighted by Crippen LogP contribution is -2.34. The number of nitriles is 1. The molecule has 1 aromatic carbocycles. The topological polar surface area (TPSA) is 56.0 Å². The van der Waals surface area contributed by atoms with Crippen molar-refractivity contribution in [2.24, 2.45) is 0 Å². The van der Waals surface area contributed by atoms with E-state index >= 15 is 0 Å². The van der Waals surface area contributed by atoms with E-state index < -0.39 is 0 Å². The molecule has 4 heteroatoms. The zero-order valence-electron chi connectivity index (χ0n) is 8.83. The third-order valence-electron chi connectivity index (χ3n) is 2.98. The molecule has 84 valence electrons. The molecule has 0 atom stereocenters. The summed E-state index contributed by atoms with van der Waals surface area (Å²) in [7, 11) is 0. The van der Waals surface area contributed by atoms with E-state index in [1.807, 2.05) is 6.07 Å². The van der Waals surface area contributed by atoms with E-state index in [2.05, 4.69) is 5.32 Å². The van der Waals surface area contributed by atoms with Gasteiger partial charge in [-0.15, -0.1) is 0 Å². The summed E-state index contributed by atoms with van der Waals surface area (Å²) in [5, 5.41) is 20.9. The van der Waals surface area contributed by atoms with Crippen LogP contribution >= 0.6 is 0 Å². The van der Waals surface area contributed by atoms with Crippen molar-refractivity contribution in [2.75, 3.05) is 6.61 Å². The van der Waals surface area contributed by atoms with E-state index in [0.29, 0.717) is 17.7 Å². The standard InChI is InChI=1S/C12H13FN2O/c13-11-2-1-9(6-14)5-10(11)7-15-12(8-16)3-4-12/h1-2,5,15-16H,3-4,7-8H2. The minimum atomic E-state index is -0.319. The van der Waals surface area contributed by atoms with Gasteiger partial charge in [0.15, 0.2) is 0 Å². The highest BCUT2D eigenvalue weighted by atomic mass is 19.1. The normalized spacial score (nSPS) is 16.8. The molecule has 1 fully saturated rings. The Kier molecular flexibility index (Phi) is 2.90. The first-order chi connectivity index (χ1) is 7.69. The van der Waals surface area contributed by atoms with Gasteiger partial charge in [0.05, 0.1) is 18.2 Å². The first-order valence-electron chi connectivity index (χ1n) is 5.23. The molecule has 1 aliphatic rings. The summed E-state index contributed by atoms with van der Waals surface area (Å²) in [6, 6.07) is 6.27. The Bertz CT molecular complexity index is 435. The maximum Gasteiger partial charge on any atom is 0.127 e. The molecule has 16 heavy (non-hydrogen) atoms. The molecule has 0 unspecified atom stereocenters. The Morgan fingerprint density at radius 3 is 2.81 bits per heavy atom. The molecular weight excluding hydrogens is 207 g/mol. The van der Waals surface area contributed by atoms with Crippen LogP contribution in [0.5, 0.6) is 0 Å². The van der Waals surface area contributed by atoms with E-state index in [4.69, 9.17) is 10.4 Å². The fourth-order valence-corrected chi connectivity index (χ4v) is 1.60. The maximum absolute atomic E-state index is 13.4. The van der Waals surface area contributed by atoms with E-state index in [1.165, 1.54) is 18.2 Å². The molecule has 0 saturated heterocycles. The van der Waals surface area contributed by atoms with Gasteiger partial charge in [-0.05, 0) is 31.0 Å². The SMILES string of the molecule is N#Cc1ccc(F)c(CNC2(CO)CC2)c1. The van der Waals surface area contributed by atoms with Crippen LogP contribution in [0.4, 0.5) is 4.39 Å². The average Bonchev–Trinajstić information content (AvgIpc) is 3.09. The van der Waals surface area contributed by atoms with Gasteiger partial charge < -0.3 is 10.4 Å². The molecule has 0 spiro atoms. The summed E-state index contributed by atoms with van der Waals surface area (Å²) in [5.74, 6) is -0.319. The van der Waals surface area contributed by atoms with Gasteiger partial charge in [-0.25, -0.2) is 4.39 Å². The molecule has 1 saturated carbocycles. The third kappa shape index (κ3) is 2.21. The van der Waals surface area contributed by atoms with Gasteiger partial charge in [0, 0.05) is 17.6 Å². The third-order valence-corrected chi connectivity index (χ3v) is 2.98. The van der Waals surface area contributed by atoms with Crippen LogP contribution in [0.25, 0.3) is 0 Å². The lowest BCUT2D eigenvalue weighted by Gasteiger charge is -2.14. The van der Waals surface area contributed by atoms with Gasteiger partial charge in [0.1, 0.15) is 5.82 Å². The maximum atomic E-state index is 13.4.